The fourth-order valence-electron chi connectivity index (χ4n) is 1.08. The summed E-state index contributed by atoms with van der Waals surface area (Å²) in [7, 11) is 0. The largest absolute Gasteiger partial charge is 0.387 e. The van der Waals surface area contributed by atoms with E-state index in [9.17, 15) is 5.11 Å². The van der Waals surface area contributed by atoms with Gasteiger partial charge < -0.3 is 10.3 Å². The van der Waals surface area contributed by atoms with Gasteiger partial charge in [-0.3, -0.25) is 0 Å². The highest BCUT2D eigenvalue weighted by atomic mass is 16.5. The molecule has 0 bridgehead atoms. The number of rotatable bonds is 3. The Labute approximate surface area is 71.6 Å². The van der Waals surface area contributed by atoms with Crippen molar-refractivity contribution in [1.29, 1.82) is 0 Å². The van der Waals surface area contributed by atoms with Crippen LogP contribution in [0.3, 0.4) is 0 Å². The highest BCUT2D eigenvalue weighted by Crippen LogP contribution is 2.12. The lowest BCUT2D eigenvalue weighted by molar-refractivity contribution is 0.0921. The molecule has 0 saturated carbocycles. The van der Waals surface area contributed by atoms with Crippen molar-refractivity contribution >= 4 is 0 Å². The molecule has 1 unspecified atom stereocenters. The molecule has 0 radical (unpaired) electrons. The molecule has 0 aliphatic carbocycles. The Kier molecular flexibility index (Phi) is 3.22. The van der Waals surface area contributed by atoms with E-state index in [-0.39, 0.29) is 6.54 Å². The fourth-order valence-corrected chi connectivity index (χ4v) is 1.08. The van der Waals surface area contributed by atoms with Crippen LogP contribution in [0.4, 0.5) is 0 Å². The Morgan fingerprint density at radius 2 is 2.25 bits per heavy atom. The average Bonchev–Trinajstić information content (AvgIpc) is 2.05. The molecule has 0 spiro atoms. The minimum atomic E-state index is -0.644. The lowest BCUT2D eigenvalue weighted by Crippen LogP contribution is -2.17. The van der Waals surface area contributed by atoms with Gasteiger partial charge in [0.15, 0.2) is 0 Å². The van der Waals surface area contributed by atoms with Gasteiger partial charge in [-0.1, -0.05) is 29.8 Å². The number of aryl methyl sites for hydroxylation is 1. The maximum atomic E-state index is 9.42. The second-order valence-electron chi connectivity index (χ2n) is 2.79. The molecular weight excluding hydrogens is 154 g/mol. The molecule has 1 rings (SSSR count). The summed E-state index contributed by atoms with van der Waals surface area (Å²) in [6.45, 7) is 2.12. The summed E-state index contributed by atoms with van der Waals surface area (Å²) < 4.78 is 0. The predicted octanol–water partition coefficient (Wildman–Crippen LogP) is 1.01. The Bertz CT molecular complexity index is 250. The molecule has 66 valence electrons. The second-order valence-corrected chi connectivity index (χ2v) is 2.79. The molecule has 3 nitrogen and oxygen atoms in total. The number of aliphatic hydroxyl groups excluding tert-OH is 1. The van der Waals surface area contributed by atoms with Crippen molar-refractivity contribution in [2.24, 2.45) is 0 Å². The number of hydrogen-bond donors (Lipinski definition) is 3. The quantitative estimate of drug-likeness (QED) is 0.589. The maximum absolute atomic E-state index is 9.42. The summed E-state index contributed by atoms with van der Waals surface area (Å²) in [5.74, 6) is 0. The van der Waals surface area contributed by atoms with Gasteiger partial charge in [0.2, 0.25) is 0 Å². The Morgan fingerprint density at radius 3 is 2.83 bits per heavy atom. The van der Waals surface area contributed by atoms with Crippen molar-refractivity contribution in [2.45, 2.75) is 13.0 Å². The maximum Gasteiger partial charge on any atom is 0.0937 e. The molecule has 1 aromatic carbocycles. The van der Waals surface area contributed by atoms with E-state index in [2.05, 4.69) is 0 Å². The molecule has 0 heterocycles. The van der Waals surface area contributed by atoms with E-state index in [1.54, 1.807) is 0 Å². The van der Waals surface area contributed by atoms with Gasteiger partial charge in [-0.15, -0.1) is 0 Å². The van der Waals surface area contributed by atoms with Gasteiger partial charge in [-0.2, -0.15) is 0 Å². The molecule has 1 atom stereocenters. The molecule has 3 heteroatoms. The van der Waals surface area contributed by atoms with Gasteiger partial charge in [-0.25, -0.2) is 5.48 Å². The van der Waals surface area contributed by atoms with Crippen LogP contribution in [0.15, 0.2) is 24.3 Å². The lowest BCUT2D eigenvalue weighted by Gasteiger charge is -2.09. The van der Waals surface area contributed by atoms with Crippen molar-refractivity contribution in [2.75, 3.05) is 6.54 Å². The fraction of sp³-hybridized carbons (Fsp3) is 0.333. The third kappa shape index (κ3) is 2.30. The van der Waals surface area contributed by atoms with Crippen LogP contribution in [0.1, 0.15) is 17.2 Å². The monoisotopic (exact) mass is 167 g/mol. The van der Waals surface area contributed by atoms with E-state index in [1.807, 2.05) is 36.7 Å². The van der Waals surface area contributed by atoms with Crippen LogP contribution >= 0.6 is 0 Å². The highest BCUT2D eigenvalue weighted by molar-refractivity contribution is 5.24. The first-order valence-electron chi connectivity index (χ1n) is 3.85. The van der Waals surface area contributed by atoms with E-state index in [4.69, 9.17) is 5.21 Å². The van der Waals surface area contributed by atoms with Crippen molar-refractivity contribution in [1.82, 2.24) is 5.48 Å². The van der Waals surface area contributed by atoms with E-state index >= 15 is 0 Å². The Hall–Kier alpha value is -0.900. The first-order chi connectivity index (χ1) is 5.74. The van der Waals surface area contributed by atoms with Crippen LogP contribution in [0.5, 0.6) is 0 Å². The molecule has 3 N–H and O–H groups in total. The summed E-state index contributed by atoms with van der Waals surface area (Å²) in [5.41, 5.74) is 3.85. The van der Waals surface area contributed by atoms with E-state index in [1.165, 1.54) is 0 Å². The van der Waals surface area contributed by atoms with Crippen LogP contribution in [0.2, 0.25) is 0 Å². The van der Waals surface area contributed by atoms with Gasteiger partial charge in [0.05, 0.1) is 12.6 Å². The van der Waals surface area contributed by atoms with E-state index in [0.717, 1.165) is 11.1 Å². The van der Waals surface area contributed by atoms with Gasteiger partial charge in [0.25, 0.3) is 0 Å². The van der Waals surface area contributed by atoms with Gasteiger partial charge in [0.1, 0.15) is 0 Å². The molecule has 0 aliphatic heterocycles. The van der Waals surface area contributed by atoms with Crippen molar-refractivity contribution in [3.05, 3.63) is 35.4 Å². The van der Waals surface area contributed by atoms with Crippen molar-refractivity contribution < 1.29 is 10.3 Å². The molecule has 0 aliphatic rings. The lowest BCUT2D eigenvalue weighted by atomic mass is 10.1. The number of hydroxylamine groups is 1. The number of aliphatic hydroxyl groups is 1. The Balaban J connectivity index is 2.73. The van der Waals surface area contributed by atoms with Gasteiger partial charge in [-0.05, 0) is 12.5 Å². The van der Waals surface area contributed by atoms with Crippen LogP contribution in [0.25, 0.3) is 0 Å². The molecule has 0 saturated heterocycles. The number of hydrogen-bond acceptors (Lipinski definition) is 3. The topological polar surface area (TPSA) is 52.5 Å². The smallest absolute Gasteiger partial charge is 0.0937 e. The zero-order chi connectivity index (χ0) is 8.97. The first-order valence-corrected chi connectivity index (χ1v) is 3.85. The van der Waals surface area contributed by atoms with Gasteiger partial charge >= 0.3 is 0 Å². The Morgan fingerprint density at radius 1 is 1.50 bits per heavy atom. The van der Waals surface area contributed by atoms with Gasteiger partial charge in [0, 0.05) is 0 Å². The number of benzene rings is 1. The zero-order valence-electron chi connectivity index (χ0n) is 6.99. The minimum Gasteiger partial charge on any atom is -0.387 e. The molecule has 0 amide bonds. The van der Waals surface area contributed by atoms with E-state index < -0.39 is 6.10 Å². The third-order valence-corrected chi connectivity index (χ3v) is 1.71. The molecule has 0 fully saturated rings. The highest BCUT2D eigenvalue weighted by Gasteiger charge is 2.05. The van der Waals surface area contributed by atoms with E-state index in [0.29, 0.717) is 0 Å². The predicted molar refractivity (Wildman–Crippen MR) is 45.9 cm³/mol. The van der Waals surface area contributed by atoms with Crippen molar-refractivity contribution in [3.8, 4) is 0 Å². The standard InChI is InChI=1S/C9H13NO2/c1-7-3-2-4-8(5-7)9(11)6-10-12/h2-5,9-12H,6H2,1H3. The minimum absolute atomic E-state index is 0.156. The number of nitrogens with one attached hydrogen (secondary N) is 1. The van der Waals surface area contributed by atoms with Crippen LogP contribution in [-0.4, -0.2) is 16.9 Å². The zero-order valence-corrected chi connectivity index (χ0v) is 6.99. The third-order valence-electron chi connectivity index (χ3n) is 1.71. The van der Waals surface area contributed by atoms with Crippen molar-refractivity contribution in [3.63, 3.8) is 0 Å². The van der Waals surface area contributed by atoms with Crippen LogP contribution in [0, 0.1) is 6.92 Å². The summed E-state index contributed by atoms with van der Waals surface area (Å²) in [6, 6.07) is 7.56. The first kappa shape index (κ1) is 9.19. The summed E-state index contributed by atoms with van der Waals surface area (Å²) in [5, 5.41) is 17.8. The van der Waals surface area contributed by atoms with Crippen LogP contribution < -0.4 is 5.48 Å². The SMILES string of the molecule is Cc1cccc(C(O)CNO)c1. The molecule has 0 aromatic heterocycles. The average molecular weight is 167 g/mol. The van der Waals surface area contributed by atoms with Crippen LogP contribution in [-0.2, 0) is 0 Å². The second kappa shape index (κ2) is 4.21. The molecular formula is C9H13NO2. The molecule has 1 aromatic rings. The summed E-state index contributed by atoms with van der Waals surface area (Å²) >= 11 is 0. The normalized spacial score (nSPS) is 12.9. The molecule has 12 heavy (non-hydrogen) atoms. The summed E-state index contributed by atoms with van der Waals surface area (Å²) in [6.07, 6.45) is -0.644. The summed E-state index contributed by atoms with van der Waals surface area (Å²) in [4.78, 5) is 0.